The molecular formula is C32H32FN7O2. The van der Waals surface area contributed by atoms with Crippen LogP contribution in [-0.4, -0.2) is 60.7 Å². The maximum atomic E-state index is 14.8. The number of aryl methyl sites for hydroxylation is 1. The maximum absolute atomic E-state index is 14.8. The number of ether oxygens (including phenoxy) is 1. The molecule has 3 aliphatic rings. The molecule has 3 atom stereocenters. The van der Waals surface area contributed by atoms with Crippen LogP contribution in [-0.2, 0) is 6.54 Å². The smallest absolute Gasteiger partial charge is 0.255 e. The zero-order valence-corrected chi connectivity index (χ0v) is 23.6. The van der Waals surface area contributed by atoms with Crippen molar-refractivity contribution in [3.63, 3.8) is 0 Å². The molecule has 8 rings (SSSR count). The Kier molecular flexibility index (Phi) is 5.66. The van der Waals surface area contributed by atoms with Crippen LogP contribution in [0, 0.1) is 24.6 Å². The number of pyridine rings is 3. The normalized spacial score (nSPS) is 21.6. The van der Waals surface area contributed by atoms with Crippen molar-refractivity contribution in [3.05, 3.63) is 65.7 Å². The van der Waals surface area contributed by atoms with Crippen molar-refractivity contribution in [1.82, 2.24) is 29.0 Å². The lowest BCUT2D eigenvalue weighted by Crippen LogP contribution is -2.41. The maximum Gasteiger partial charge on any atom is 0.255 e. The molecule has 1 aliphatic heterocycles. The van der Waals surface area contributed by atoms with Gasteiger partial charge in [0.15, 0.2) is 5.82 Å². The molecule has 0 spiro atoms. The standard InChI is InChI=1S/C32H32FN7O2/c1-17-25-9-7-21(32(41)39-15-20-6-10-26(39)29(20)34)16-40(25)37-30(17)27-11-19-5-8-24(22-12-28(42-2)35-13-23(22)33)36-31(19)38(27)14-18-3-4-18/h5,7-9,11-13,16,18,20,26,29H,3-4,6,10,14-15,34H2,1-2H3/t20?,26?,29-/m1/s1. The Hall–Kier alpha value is -4.31. The number of likely N-dealkylation sites (tertiary alicyclic amines) is 1. The summed E-state index contributed by atoms with van der Waals surface area (Å²) in [6.07, 6.45) is 7.44. The number of carbonyl (C=O) groups excluding carboxylic acids is 1. The highest BCUT2D eigenvalue weighted by Gasteiger charge is 2.46. The molecule has 0 aromatic carbocycles. The first-order valence-corrected chi connectivity index (χ1v) is 14.7. The van der Waals surface area contributed by atoms with Gasteiger partial charge >= 0.3 is 0 Å². The average Bonchev–Trinajstić information content (AvgIpc) is 3.42. The lowest BCUT2D eigenvalue weighted by atomic mass is 10.1. The predicted octanol–water partition coefficient (Wildman–Crippen LogP) is 4.84. The third-order valence-corrected chi connectivity index (χ3v) is 9.48. The van der Waals surface area contributed by atoms with E-state index in [0.29, 0.717) is 34.5 Å². The van der Waals surface area contributed by atoms with E-state index < -0.39 is 5.82 Å². The van der Waals surface area contributed by atoms with Gasteiger partial charge in [-0.25, -0.2) is 18.9 Å². The van der Waals surface area contributed by atoms with Gasteiger partial charge in [0, 0.05) is 53.9 Å². The predicted molar refractivity (Wildman–Crippen MR) is 157 cm³/mol. The number of carbonyl (C=O) groups is 1. The van der Waals surface area contributed by atoms with E-state index >= 15 is 0 Å². The van der Waals surface area contributed by atoms with Gasteiger partial charge in [-0.15, -0.1) is 0 Å². The first-order chi connectivity index (χ1) is 20.4. The third kappa shape index (κ3) is 3.92. The van der Waals surface area contributed by atoms with E-state index in [1.165, 1.54) is 20.0 Å². The second kappa shape index (κ2) is 9.35. The molecule has 1 saturated heterocycles. The van der Waals surface area contributed by atoms with Crippen molar-refractivity contribution < 1.29 is 13.9 Å². The zero-order chi connectivity index (χ0) is 28.7. The van der Waals surface area contributed by atoms with Crippen LogP contribution in [0.1, 0.15) is 41.6 Å². The van der Waals surface area contributed by atoms with Crippen molar-refractivity contribution in [2.75, 3.05) is 13.7 Å². The average molecular weight is 566 g/mol. The number of amides is 1. The van der Waals surface area contributed by atoms with Gasteiger partial charge in [0.25, 0.3) is 5.91 Å². The lowest BCUT2D eigenvalue weighted by Gasteiger charge is -2.27. The molecule has 214 valence electrons. The van der Waals surface area contributed by atoms with E-state index in [4.69, 9.17) is 20.6 Å². The Morgan fingerprint density at radius 2 is 2.00 bits per heavy atom. The van der Waals surface area contributed by atoms with Crippen molar-refractivity contribution in [2.45, 2.75) is 51.2 Å². The first-order valence-electron chi connectivity index (χ1n) is 14.7. The van der Waals surface area contributed by atoms with Crippen molar-refractivity contribution in [1.29, 1.82) is 0 Å². The van der Waals surface area contributed by atoms with Gasteiger partial charge in [-0.1, -0.05) is 0 Å². The molecule has 2 aliphatic carbocycles. The van der Waals surface area contributed by atoms with Crippen LogP contribution >= 0.6 is 0 Å². The molecule has 2 bridgehead atoms. The van der Waals surface area contributed by atoms with Gasteiger partial charge in [-0.2, -0.15) is 5.10 Å². The van der Waals surface area contributed by atoms with Gasteiger partial charge in [0.1, 0.15) is 11.3 Å². The first kappa shape index (κ1) is 25.4. The Bertz CT molecular complexity index is 1890. The lowest BCUT2D eigenvalue weighted by molar-refractivity contribution is 0.0700. The number of nitrogens with two attached hydrogens (primary N) is 1. The van der Waals surface area contributed by atoms with E-state index in [1.54, 1.807) is 6.07 Å². The Morgan fingerprint density at radius 3 is 2.74 bits per heavy atom. The highest BCUT2D eigenvalue weighted by atomic mass is 19.1. The van der Waals surface area contributed by atoms with Crippen LogP contribution in [0.4, 0.5) is 4.39 Å². The van der Waals surface area contributed by atoms with E-state index in [-0.39, 0.29) is 18.0 Å². The molecule has 2 saturated carbocycles. The summed E-state index contributed by atoms with van der Waals surface area (Å²) in [5, 5.41) is 5.97. The Balaban J connectivity index is 1.21. The fourth-order valence-corrected chi connectivity index (χ4v) is 6.94. The highest BCUT2D eigenvalue weighted by molar-refractivity contribution is 5.95. The van der Waals surface area contributed by atoms with Gasteiger partial charge in [-0.05, 0) is 74.8 Å². The Labute approximate surface area is 242 Å². The molecule has 9 nitrogen and oxygen atoms in total. The summed E-state index contributed by atoms with van der Waals surface area (Å²) in [7, 11) is 1.51. The fourth-order valence-electron chi connectivity index (χ4n) is 6.94. The summed E-state index contributed by atoms with van der Waals surface area (Å²) in [4.78, 5) is 24.3. The van der Waals surface area contributed by atoms with Crippen molar-refractivity contribution >= 4 is 22.5 Å². The van der Waals surface area contributed by atoms with E-state index in [1.807, 2.05) is 39.9 Å². The van der Waals surface area contributed by atoms with Gasteiger partial charge in [0.05, 0.1) is 35.8 Å². The summed E-state index contributed by atoms with van der Waals surface area (Å²) >= 11 is 0. The molecule has 2 unspecified atom stereocenters. The van der Waals surface area contributed by atoms with Crippen LogP contribution < -0.4 is 10.5 Å². The summed E-state index contributed by atoms with van der Waals surface area (Å²) < 4.78 is 24.1. The minimum Gasteiger partial charge on any atom is -0.481 e. The zero-order valence-electron chi connectivity index (χ0n) is 23.6. The van der Waals surface area contributed by atoms with Crippen LogP contribution in [0.3, 0.4) is 0 Å². The minimum atomic E-state index is -0.450. The highest BCUT2D eigenvalue weighted by Crippen LogP contribution is 2.39. The van der Waals surface area contributed by atoms with Crippen LogP contribution in [0.15, 0.2) is 48.8 Å². The molecule has 0 radical (unpaired) electrons. The SMILES string of the molecule is COc1cc(-c2ccc3cc(-c4nn5cc(C(=O)N6CC7CCC6[C@@H]7N)ccc5c4C)n(CC4CC4)c3n2)c(F)cn1. The number of rotatable bonds is 6. The molecule has 10 heteroatoms. The second-order valence-electron chi connectivity index (χ2n) is 12.1. The van der Waals surface area contributed by atoms with Crippen LogP contribution in [0.25, 0.3) is 39.2 Å². The van der Waals surface area contributed by atoms with Gasteiger partial charge in [0.2, 0.25) is 5.88 Å². The topological polar surface area (TPSA) is 104 Å². The molecule has 1 amide bonds. The van der Waals surface area contributed by atoms with Gasteiger partial charge in [-0.3, -0.25) is 4.79 Å². The number of piperidine rings is 1. The molecular weight excluding hydrogens is 533 g/mol. The van der Waals surface area contributed by atoms with Crippen LogP contribution in [0.5, 0.6) is 5.88 Å². The van der Waals surface area contributed by atoms with E-state index in [2.05, 4.69) is 22.5 Å². The second-order valence-corrected chi connectivity index (χ2v) is 12.1. The number of fused-ring (bicyclic) bond motifs is 4. The summed E-state index contributed by atoms with van der Waals surface area (Å²) in [5.74, 6) is 0.884. The number of hydrogen-bond donors (Lipinski definition) is 1. The quantitative estimate of drug-likeness (QED) is 0.316. The minimum absolute atomic E-state index is 0.0220. The largest absolute Gasteiger partial charge is 0.481 e. The Morgan fingerprint density at radius 1 is 1.14 bits per heavy atom. The summed E-state index contributed by atoms with van der Waals surface area (Å²) in [5.41, 5.74) is 12.4. The fraction of sp³-hybridized carbons (Fsp3) is 0.375. The molecule has 6 heterocycles. The number of halogens is 1. The summed E-state index contributed by atoms with van der Waals surface area (Å²) in [6, 6.07) is 11.6. The molecule has 5 aromatic heterocycles. The monoisotopic (exact) mass is 565 g/mol. The van der Waals surface area contributed by atoms with Crippen LogP contribution in [0.2, 0.25) is 0 Å². The van der Waals surface area contributed by atoms with Crippen molar-refractivity contribution in [2.24, 2.45) is 17.6 Å². The van der Waals surface area contributed by atoms with Gasteiger partial charge < -0.3 is 19.9 Å². The summed E-state index contributed by atoms with van der Waals surface area (Å²) in [6.45, 7) is 3.61. The number of hydrogen-bond acceptors (Lipinski definition) is 6. The molecule has 42 heavy (non-hydrogen) atoms. The van der Waals surface area contributed by atoms with E-state index in [9.17, 15) is 9.18 Å². The number of aromatic nitrogens is 5. The molecule has 2 N–H and O–H groups in total. The van der Waals surface area contributed by atoms with E-state index in [0.717, 1.165) is 65.6 Å². The number of nitrogens with zero attached hydrogens (tertiary/aromatic N) is 6. The third-order valence-electron chi connectivity index (χ3n) is 9.48. The van der Waals surface area contributed by atoms with Crippen molar-refractivity contribution in [3.8, 4) is 28.5 Å². The number of methoxy groups -OCH3 is 1. The molecule has 5 aromatic rings. The molecule has 3 fully saturated rings.